The van der Waals surface area contributed by atoms with Gasteiger partial charge >= 0.3 is 6.18 Å². The Hall–Kier alpha value is -4.45. The summed E-state index contributed by atoms with van der Waals surface area (Å²) in [5.41, 5.74) is 4.58. The van der Waals surface area contributed by atoms with E-state index in [0.717, 1.165) is 6.54 Å². The molecule has 0 radical (unpaired) electrons. The molecule has 0 fully saturated rings. The Morgan fingerprint density at radius 1 is 1.07 bits per heavy atom. The lowest BCUT2D eigenvalue weighted by molar-refractivity contribution is -0.133. The van der Waals surface area contributed by atoms with E-state index in [0.29, 0.717) is 57.5 Å². The van der Waals surface area contributed by atoms with Crippen LogP contribution in [0.5, 0.6) is 0 Å². The normalized spacial score (nSPS) is 11.8. The molecular formula is C33H40F4N8. The van der Waals surface area contributed by atoms with Gasteiger partial charge in [0.2, 0.25) is 5.95 Å². The monoisotopic (exact) mass is 624 g/mol. The van der Waals surface area contributed by atoms with E-state index in [1.807, 2.05) is 62.3 Å². The Labute approximate surface area is 261 Å². The molecule has 45 heavy (non-hydrogen) atoms. The first-order valence-electron chi connectivity index (χ1n) is 14.6. The summed E-state index contributed by atoms with van der Waals surface area (Å²) in [7, 11) is 5.79. The lowest BCUT2D eigenvalue weighted by Crippen LogP contribution is -2.29. The van der Waals surface area contributed by atoms with Gasteiger partial charge in [-0.3, -0.25) is 0 Å². The number of allylic oxidation sites excluding steroid dienone is 1. The predicted molar refractivity (Wildman–Crippen MR) is 175 cm³/mol. The SMILES string of the molecule is C=CC(=C)Nc1cc(Nc2nccc(-c3cc(F)c4nc(C)n(C(C)C)c4c3)n2)c(CCC(F)(F)F)cc1N(C)CCN(C)C. The minimum Gasteiger partial charge on any atom is -0.372 e. The van der Waals surface area contributed by atoms with Crippen molar-refractivity contribution >= 4 is 34.0 Å². The van der Waals surface area contributed by atoms with Crippen molar-refractivity contribution < 1.29 is 17.6 Å². The van der Waals surface area contributed by atoms with Gasteiger partial charge in [0.15, 0.2) is 5.82 Å². The Bertz CT molecular complexity index is 1690. The number of likely N-dealkylation sites (N-methyl/N-ethyl adjacent to an activating group) is 2. The summed E-state index contributed by atoms with van der Waals surface area (Å²) < 4.78 is 57.3. The molecule has 0 saturated carbocycles. The van der Waals surface area contributed by atoms with Crippen molar-refractivity contribution in [1.29, 1.82) is 0 Å². The molecule has 0 saturated heterocycles. The predicted octanol–water partition coefficient (Wildman–Crippen LogP) is 7.87. The number of nitrogens with zero attached hydrogens (tertiary/aromatic N) is 6. The zero-order valence-corrected chi connectivity index (χ0v) is 26.6. The minimum absolute atomic E-state index is 0.0623. The van der Waals surface area contributed by atoms with Crippen LogP contribution in [0.1, 0.15) is 37.7 Å². The number of halogens is 4. The van der Waals surface area contributed by atoms with Gasteiger partial charge in [-0.2, -0.15) is 13.2 Å². The van der Waals surface area contributed by atoms with Gasteiger partial charge in [-0.1, -0.05) is 13.2 Å². The fourth-order valence-corrected chi connectivity index (χ4v) is 5.11. The van der Waals surface area contributed by atoms with Crippen molar-refractivity contribution in [1.82, 2.24) is 24.4 Å². The number of aryl methyl sites for hydroxylation is 2. The number of anilines is 4. The summed E-state index contributed by atoms with van der Waals surface area (Å²) in [5, 5.41) is 6.34. The number of fused-ring (bicyclic) bond motifs is 1. The first-order chi connectivity index (χ1) is 21.2. The molecule has 2 heterocycles. The maximum Gasteiger partial charge on any atom is 0.389 e. The topological polar surface area (TPSA) is 74.1 Å². The fraction of sp³-hybridized carbons (Fsp3) is 0.364. The van der Waals surface area contributed by atoms with Crippen LogP contribution in [0, 0.1) is 12.7 Å². The highest BCUT2D eigenvalue weighted by Crippen LogP contribution is 2.36. The van der Waals surface area contributed by atoms with Crippen molar-refractivity contribution in [3.63, 3.8) is 0 Å². The number of rotatable bonds is 13. The van der Waals surface area contributed by atoms with Crippen molar-refractivity contribution in [3.05, 3.63) is 78.7 Å². The minimum atomic E-state index is -4.34. The summed E-state index contributed by atoms with van der Waals surface area (Å²) in [4.78, 5) is 17.4. The third-order valence-electron chi connectivity index (χ3n) is 7.37. The molecule has 2 aromatic carbocycles. The number of imidazole rings is 1. The van der Waals surface area contributed by atoms with Gasteiger partial charge in [-0.05, 0) is 83.3 Å². The summed E-state index contributed by atoms with van der Waals surface area (Å²) in [6.45, 7) is 14.9. The zero-order chi connectivity index (χ0) is 33.1. The van der Waals surface area contributed by atoms with Crippen LogP contribution >= 0.6 is 0 Å². The largest absolute Gasteiger partial charge is 0.389 e. The smallest absolute Gasteiger partial charge is 0.372 e. The highest BCUT2D eigenvalue weighted by Gasteiger charge is 2.28. The van der Waals surface area contributed by atoms with E-state index in [2.05, 4.69) is 38.7 Å². The average Bonchev–Trinajstić information content (AvgIpc) is 3.31. The van der Waals surface area contributed by atoms with Crippen LogP contribution in [0.4, 0.5) is 40.6 Å². The lowest BCUT2D eigenvalue weighted by Gasteiger charge is -2.27. The van der Waals surface area contributed by atoms with Gasteiger partial charge in [0.1, 0.15) is 11.3 Å². The van der Waals surface area contributed by atoms with Gasteiger partial charge in [-0.15, -0.1) is 0 Å². The number of alkyl halides is 3. The second-order valence-corrected chi connectivity index (χ2v) is 11.6. The number of nitrogens with one attached hydrogen (secondary N) is 2. The second kappa shape index (κ2) is 13.7. The first-order valence-corrected chi connectivity index (χ1v) is 14.6. The van der Waals surface area contributed by atoms with Crippen LogP contribution < -0.4 is 15.5 Å². The van der Waals surface area contributed by atoms with Crippen molar-refractivity contribution in [2.45, 2.75) is 45.8 Å². The highest BCUT2D eigenvalue weighted by molar-refractivity contribution is 5.83. The van der Waals surface area contributed by atoms with Crippen molar-refractivity contribution in [3.8, 4) is 11.3 Å². The molecule has 2 aromatic heterocycles. The third-order valence-corrected chi connectivity index (χ3v) is 7.37. The maximum atomic E-state index is 15.2. The quantitative estimate of drug-likeness (QED) is 0.116. The Balaban J connectivity index is 1.78. The standard InChI is InChI=1S/C33H40F4N8/c1-9-21(4)39-28-19-27(23(10-12-33(35,36)37)17-29(28)44(8)15-14-43(6)7)42-32-38-13-11-26(41-32)24-16-25(34)31-30(18-24)45(20(2)3)22(5)40-31/h9,11,13,16-20,39H,1,4,10,12,14-15H2,2-3,5-8H3,(H,38,41,42). The average molecular weight is 625 g/mol. The highest BCUT2D eigenvalue weighted by atomic mass is 19.4. The summed E-state index contributed by atoms with van der Waals surface area (Å²) in [6, 6.07) is 8.40. The summed E-state index contributed by atoms with van der Waals surface area (Å²) in [6.07, 6.45) is -2.53. The molecule has 0 bridgehead atoms. The molecule has 0 aliphatic heterocycles. The Morgan fingerprint density at radius 3 is 2.44 bits per heavy atom. The van der Waals surface area contributed by atoms with Crippen LogP contribution in [-0.4, -0.2) is 64.8 Å². The molecule has 0 spiro atoms. The molecule has 12 heteroatoms. The lowest BCUT2D eigenvalue weighted by atomic mass is 10.0. The van der Waals surface area contributed by atoms with Crippen LogP contribution in [0.2, 0.25) is 0 Å². The maximum absolute atomic E-state index is 15.2. The molecule has 0 aliphatic rings. The van der Waals surface area contributed by atoms with E-state index in [-0.39, 0.29) is 23.9 Å². The number of aromatic nitrogens is 4. The van der Waals surface area contributed by atoms with Crippen molar-refractivity contribution in [2.24, 2.45) is 0 Å². The van der Waals surface area contributed by atoms with Gasteiger partial charge in [0, 0.05) is 55.7 Å². The van der Waals surface area contributed by atoms with E-state index >= 15 is 4.39 Å². The van der Waals surface area contributed by atoms with E-state index in [1.54, 1.807) is 24.3 Å². The third kappa shape index (κ3) is 8.18. The van der Waals surface area contributed by atoms with Gasteiger partial charge in [0.25, 0.3) is 0 Å². The van der Waals surface area contributed by atoms with Crippen molar-refractivity contribution in [2.75, 3.05) is 49.8 Å². The van der Waals surface area contributed by atoms with Crippen LogP contribution in [-0.2, 0) is 6.42 Å². The molecule has 8 nitrogen and oxygen atoms in total. The molecule has 4 rings (SSSR count). The van der Waals surface area contributed by atoms with E-state index in [1.165, 1.54) is 12.3 Å². The number of hydrogen-bond acceptors (Lipinski definition) is 7. The van der Waals surface area contributed by atoms with Crippen LogP contribution in [0.25, 0.3) is 22.3 Å². The zero-order valence-electron chi connectivity index (χ0n) is 26.6. The van der Waals surface area contributed by atoms with E-state index < -0.39 is 18.4 Å². The van der Waals surface area contributed by atoms with Crippen LogP contribution in [0.3, 0.4) is 0 Å². The second-order valence-electron chi connectivity index (χ2n) is 11.6. The van der Waals surface area contributed by atoms with Crippen LogP contribution in [0.15, 0.2) is 61.5 Å². The number of benzene rings is 2. The molecule has 0 amide bonds. The van der Waals surface area contributed by atoms with E-state index in [4.69, 9.17) is 0 Å². The van der Waals surface area contributed by atoms with Gasteiger partial charge in [-0.25, -0.2) is 19.3 Å². The van der Waals surface area contributed by atoms with Gasteiger partial charge < -0.3 is 25.0 Å². The molecule has 240 valence electrons. The van der Waals surface area contributed by atoms with Gasteiger partial charge in [0.05, 0.1) is 22.6 Å². The Morgan fingerprint density at radius 2 is 1.80 bits per heavy atom. The molecule has 0 unspecified atom stereocenters. The summed E-state index contributed by atoms with van der Waals surface area (Å²) >= 11 is 0. The molecule has 0 atom stereocenters. The first kappa shape index (κ1) is 33.4. The van der Waals surface area contributed by atoms with E-state index in [9.17, 15) is 13.2 Å². The number of hydrogen-bond donors (Lipinski definition) is 2. The molecular weight excluding hydrogens is 584 g/mol. The molecule has 4 aromatic rings. The molecule has 2 N–H and O–H groups in total. The molecule has 0 aliphatic carbocycles. The summed E-state index contributed by atoms with van der Waals surface area (Å²) in [5.74, 6) is 0.378. The Kier molecular flexibility index (Phi) is 10.2. The fourth-order valence-electron chi connectivity index (χ4n) is 5.11.